The van der Waals surface area contributed by atoms with Crippen LogP contribution in [0.3, 0.4) is 0 Å². The Labute approximate surface area is 185 Å². The van der Waals surface area contributed by atoms with Crippen LogP contribution < -0.4 is 10.9 Å². The normalized spacial score (nSPS) is 15.0. The van der Waals surface area contributed by atoms with Crippen LogP contribution >= 0.6 is 11.6 Å². The summed E-state index contributed by atoms with van der Waals surface area (Å²) in [7, 11) is 0. The van der Waals surface area contributed by atoms with Gasteiger partial charge in [0, 0.05) is 34.9 Å². The van der Waals surface area contributed by atoms with Crippen molar-refractivity contribution < 1.29 is 9.90 Å². The van der Waals surface area contributed by atoms with Gasteiger partial charge in [-0.15, -0.1) is 0 Å². The molecule has 0 bridgehead atoms. The van der Waals surface area contributed by atoms with Gasteiger partial charge < -0.3 is 10.4 Å². The summed E-state index contributed by atoms with van der Waals surface area (Å²) in [6, 6.07) is 15.0. The highest BCUT2D eigenvalue weighted by Crippen LogP contribution is 2.30. The number of aliphatic hydroxyl groups is 1. The zero-order chi connectivity index (χ0) is 22.0. The summed E-state index contributed by atoms with van der Waals surface area (Å²) in [4.78, 5) is 30.8. The van der Waals surface area contributed by atoms with Gasteiger partial charge in [0.2, 0.25) is 5.91 Å². The number of aryl methyl sites for hydroxylation is 2. The van der Waals surface area contributed by atoms with Crippen molar-refractivity contribution >= 4 is 17.5 Å². The highest BCUT2D eigenvalue weighted by atomic mass is 35.5. The van der Waals surface area contributed by atoms with Crippen LogP contribution in [-0.4, -0.2) is 27.2 Å². The molecule has 1 heterocycles. The predicted molar refractivity (Wildman–Crippen MR) is 120 cm³/mol. The van der Waals surface area contributed by atoms with Crippen molar-refractivity contribution in [1.82, 2.24) is 14.9 Å². The van der Waals surface area contributed by atoms with E-state index in [1.165, 1.54) is 10.1 Å². The summed E-state index contributed by atoms with van der Waals surface area (Å²) in [6.45, 7) is 1.43. The maximum atomic E-state index is 13.2. The van der Waals surface area contributed by atoms with Crippen molar-refractivity contribution in [2.24, 2.45) is 0 Å². The molecule has 7 heteroatoms. The van der Waals surface area contributed by atoms with Gasteiger partial charge in [0.15, 0.2) is 0 Å². The van der Waals surface area contributed by atoms with Gasteiger partial charge in [0.25, 0.3) is 5.56 Å². The van der Waals surface area contributed by atoms with Gasteiger partial charge in [-0.25, -0.2) is 4.98 Å². The molecular formula is C24H24ClN3O3. The Morgan fingerprint density at radius 1 is 1.23 bits per heavy atom. The molecule has 1 aliphatic rings. The third-order valence-corrected chi connectivity index (χ3v) is 5.96. The molecule has 1 unspecified atom stereocenters. The third kappa shape index (κ3) is 4.40. The lowest BCUT2D eigenvalue weighted by atomic mass is 10.1. The number of benzene rings is 2. The maximum absolute atomic E-state index is 13.2. The van der Waals surface area contributed by atoms with Gasteiger partial charge >= 0.3 is 0 Å². The van der Waals surface area contributed by atoms with E-state index in [0.29, 0.717) is 27.7 Å². The molecule has 2 aromatic carbocycles. The number of rotatable bonds is 6. The molecule has 2 N–H and O–H groups in total. The summed E-state index contributed by atoms with van der Waals surface area (Å²) in [5.74, 6) is 0.155. The lowest BCUT2D eigenvalue weighted by Crippen LogP contribution is -2.36. The molecule has 0 fully saturated rings. The van der Waals surface area contributed by atoms with Gasteiger partial charge in [-0.3, -0.25) is 14.2 Å². The fourth-order valence-electron chi connectivity index (χ4n) is 4.16. The average Bonchev–Trinajstić information content (AvgIpc) is 3.16. The number of carbonyl (C=O) groups is 1. The van der Waals surface area contributed by atoms with Crippen LogP contribution in [0.5, 0.6) is 0 Å². The third-order valence-electron chi connectivity index (χ3n) is 5.70. The summed E-state index contributed by atoms with van der Waals surface area (Å²) in [5.41, 5.74) is 3.72. The van der Waals surface area contributed by atoms with E-state index in [-0.39, 0.29) is 37.1 Å². The number of aliphatic hydroxyl groups excluding tert-OH is 1. The minimum atomic E-state index is -0.312. The molecule has 6 nitrogen and oxygen atoms in total. The van der Waals surface area contributed by atoms with Crippen LogP contribution in [0, 0.1) is 6.92 Å². The molecule has 1 aliphatic carbocycles. The highest BCUT2D eigenvalue weighted by Gasteiger charge is 2.24. The molecule has 0 radical (unpaired) electrons. The number of fused-ring (bicyclic) bond motifs is 1. The van der Waals surface area contributed by atoms with E-state index < -0.39 is 0 Å². The van der Waals surface area contributed by atoms with Crippen molar-refractivity contribution in [3.63, 3.8) is 0 Å². The highest BCUT2D eigenvalue weighted by molar-refractivity contribution is 6.30. The SMILES string of the molecule is Cc1nc(-c2ccc(Cl)cc2)n(CC(=O)NC2CCc3ccccc32)c(=O)c1CCO. The number of hydrogen-bond donors (Lipinski definition) is 2. The second kappa shape index (κ2) is 9.04. The second-order valence-corrected chi connectivity index (χ2v) is 8.17. The summed E-state index contributed by atoms with van der Waals surface area (Å²) >= 11 is 6.01. The molecule has 31 heavy (non-hydrogen) atoms. The van der Waals surface area contributed by atoms with E-state index in [0.717, 1.165) is 18.4 Å². The van der Waals surface area contributed by atoms with E-state index in [4.69, 9.17) is 11.6 Å². The Kier molecular flexibility index (Phi) is 6.20. The van der Waals surface area contributed by atoms with Crippen LogP contribution in [0.1, 0.15) is 34.8 Å². The number of carbonyl (C=O) groups excluding carboxylic acids is 1. The molecule has 3 aromatic rings. The molecule has 0 saturated carbocycles. The van der Waals surface area contributed by atoms with E-state index in [1.807, 2.05) is 18.2 Å². The van der Waals surface area contributed by atoms with Crippen LogP contribution in [0.25, 0.3) is 11.4 Å². The van der Waals surface area contributed by atoms with Gasteiger partial charge in [0.05, 0.1) is 6.04 Å². The molecule has 4 rings (SSSR count). The lowest BCUT2D eigenvalue weighted by molar-refractivity contribution is -0.122. The van der Waals surface area contributed by atoms with Gasteiger partial charge in [-0.05, 0) is 55.2 Å². The largest absolute Gasteiger partial charge is 0.396 e. The predicted octanol–water partition coefficient (Wildman–Crippen LogP) is 3.21. The topological polar surface area (TPSA) is 84.2 Å². The minimum Gasteiger partial charge on any atom is -0.396 e. The molecule has 0 saturated heterocycles. The number of hydrogen-bond acceptors (Lipinski definition) is 4. The molecule has 1 aromatic heterocycles. The van der Waals surface area contributed by atoms with Crippen molar-refractivity contribution in [2.75, 3.05) is 6.61 Å². The summed E-state index contributed by atoms with van der Waals surface area (Å²) in [6.07, 6.45) is 1.95. The molecule has 1 atom stereocenters. The molecule has 0 aliphatic heterocycles. The zero-order valence-corrected chi connectivity index (χ0v) is 18.0. The van der Waals surface area contributed by atoms with Gasteiger partial charge in [-0.2, -0.15) is 0 Å². The molecule has 0 spiro atoms. The number of nitrogens with zero attached hydrogens (tertiary/aromatic N) is 2. The van der Waals surface area contributed by atoms with E-state index in [9.17, 15) is 14.7 Å². The number of halogens is 1. The monoisotopic (exact) mass is 437 g/mol. The smallest absolute Gasteiger partial charge is 0.257 e. The number of amides is 1. The Balaban J connectivity index is 1.67. The Hall–Kier alpha value is -2.96. The van der Waals surface area contributed by atoms with Crippen LogP contribution in [0.2, 0.25) is 5.02 Å². The van der Waals surface area contributed by atoms with Crippen LogP contribution in [-0.2, 0) is 24.2 Å². The van der Waals surface area contributed by atoms with Crippen molar-refractivity contribution in [1.29, 1.82) is 0 Å². The van der Waals surface area contributed by atoms with Crippen molar-refractivity contribution in [3.8, 4) is 11.4 Å². The maximum Gasteiger partial charge on any atom is 0.257 e. The van der Waals surface area contributed by atoms with Gasteiger partial charge in [-0.1, -0.05) is 35.9 Å². The first-order valence-corrected chi connectivity index (χ1v) is 10.7. The summed E-state index contributed by atoms with van der Waals surface area (Å²) < 4.78 is 1.39. The molecule has 160 valence electrons. The standard InChI is InChI=1S/C24H24ClN3O3/c1-15-19(12-13-29)24(31)28(23(26-15)17-6-9-18(25)10-7-17)14-22(30)27-21-11-8-16-4-2-3-5-20(16)21/h2-7,9-10,21,29H,8,11-14H2,1H3,(H,27,30). The van der Waals surface area contributed by atoms with Gasteiger partial charge in [0.1, 0.15) is 12.4 Å². The minimum absolute atomic E-state index is 0.0614. The Bertz CT molecular complexity index is 1170. The van der Waals surface area contributed by atoms with E-state index in [2.05, 4.69) is 16.4 Å². The average molecular weight is 438 g/mol. The first-order valence-electron chi connectivity index (χ1n) is 10.3. The number of nitrogens with one attached hydrogen (secondary N) is 1. The fraction of sp³-hybridized carbons (Fsp3) is 0.292. The summed E-state index contributed by atoms with van der Waals surface area (Å²) in [5, 5.41) is 13.0. The molecular weight excluding hydrogens is 414 g/mol. The Morgan fingerprint density at radius 3 is 2.71 bits per heavy atom. The van der Waals surface area contributed by atoms with Crippen molar-refractivity contribution in [2.45, 2.75) is 38.8 Å². The van der Waals surface area contributed by atoms with E-state index in [1.54, 1.807) is 31.2 Å². The van der Waals surface area contributed by atoms with Crippen LogP contribution in [0.4, 0.5) is 0 Å². The van der Waals surface area contributed by atoms with Crippen LogP contribution in [0.15, 0.2) is 53.3 Å². The molecule has 1 amide bonds. The van der Waals surface area contributed by atoms with Crippen molar-refractivity contribution in [3.05, 3.63) is 86.3 Å². The first kappa shape index (κ1) is 21.3. The zero-order valence-electron chi connectivity index (χ0n) is 17.3. The Morgan fingerprint density at radius 2 is 1.97 bits per heavy atom. The van der Waals surface area contributed by atoms with E-state index >= 15 is 0 Å². The lowest BCUT2D eigenvalue weighted by Gasteiger charge is -2.18. The first-order chi connectivity index (χ1) is 15.0. The number of aromatic nitrogens is 2. The fourth-order valence-corrected chi connectivity index (χ4v) is 4.28. The second-order valence-electron chi connectivity index (χ2n) is 7.73. The quantitative estimate of drug-likeness (QED) is 0.620.